The Balaban J connectivity index is 1.57. The summed E-state index contributed by atoms with van der Waals surface area (Å²) in [7, 11) is 0. The first kappa shape index (κ1) is 14.9. The summed E-state index contributed by atoms with van der Waals surface area (Å²) in [6.07, 6.45) is 6.96. The highest BCUT2D eigenvalue weighted by atomic mass is 16.5. The van der Waals surface area contributed by atoms with Crippen molar-refractivity contribution >= 4 is 11.9 Å². The smallest absolute Gasteiger partial charge is 0.306 e. The zero-order chi connectivity index (χ0) is 15.0. The Morgan fingerprint density at radius 3 is 2.57 bits per heavy atom. The van der Waals surface area contributed by atoms with Crippen LogP contribution < -0.4 is 0 Å². The Kier molecular flexibility index (Phi) is 4.23. The fourth-order valence-electron chi connectivity index (χ4n) is 5.04. The van der Waals surface area contributed by atoms with Gasteiger partial charge in [0, 0.05) is 19.3 Å². The lowest BCUT2D eigenvalue weighted by Crippen LogP contribution is -2.36. The quantitative estimate of drug-likeness (QED) is 0.731. The number of unbranched alkanes of at least 4 members (excludes halogenated alkanes) is 1. The Hall–Kier alpha value is -1.06. The van der Waals surface area contributed by atoms with E-state index in [0.717, 1.165) is 38.5 Å². The Morgan fingerprint density at radius 2 is 1.86 bits per heavy atom. The third-order valence-corrected chi connectivity index (χ3v) is 5.72. The molecule has 0 aromatic heterocycles. The van der Waals surface area contributed by atoms with Crippen molar-refractivity contribution in [2.75, 3.05) is 0 Å². The third kappa shape index (κ3) is 2.82. The molecule has 2 bridgehead atoms. The molecule has 3 fully saturated rings. The number of rotatable bonds is 5. The molecule has 0 spiro atoms. The predicted octanol–water partition coefficient (Wildman–Crippen LogP) is 3.09. The molecule has 3 aliphatic carbocycles. The van der Waals surface area contributed by atoms with E-state index in [9.17, 15) is 9.59 Å². The van der Waals surface area contributed by atoms with Crippen LogP contribution in [0.15, 0.2) is 0 Å². The van der Waals surface area contributed by atoms with Gasteiger partial charge in [0.15, 0.2) is 0 Å². The molecule has 0 aromatic carbocycles. The minimum Gasteiger partial charge on any atom is -0.462 e. The summed E-state index contributed by atoms with van der Waals surface area (Å²) in [6.45, 7) is 3.58. The molecule has 4 nitrogen and oxygen atoms in total. The monoisotopic (exact) mass is 294 g/mol. The molecule has 118 valence electrons. The molecule has 3 saturated carbocycles. The van der Waals surface area contributed by atoms with Gasteiger partial charge in [-0.1, -0.05) is 13.3 Å². The van der Waals surface area contributed by atoms with Crippen LogP contribution in [-0.2, 0) is 19.1 Å². The van der Waals surface area contributed by atoms with Crippen molar-refractivity contribution in [2.45, 2.75) is 71.0 Å². The SMILES string of the molecule is CCCCC(=O)OC1CCC2C3CC(CC3OC(C)=O)C12. The molecule has 6 atom stereocenters. The fourth-order valence-corrected chi connectivity index (χ4v) is 5.04. The van der Waals surface area contributed by atoms with Crippen molar-refractivity contribution in [1.82, 2.24) is 0 Å². The van der Waals surface area contributed by atoms with Gasteiger partial charge in [-0.15, -0.1) is 0 Å². The van der Waals surface area contributed by atoms with E-state index >= 15 is 0 Å². The summed E-state index contributed by atoms with van der Waals surface area (Å²) in [5.74, 6) is 2.01. The summed E-state index contributed by atoms with van der Waals surface area (Å²) in [6, 6.07) is 0. The van der Waals surface area contributed by atoms with Gasteiger partial charge in [0.1, 0.15) is 12.2 Å². The molecule has 0 heterocycles. The average molecular weight is 294 g/mol. The molecule has 0 aromatic rings. The van der Waals surface area contributed by atoms with Crippen molar-refractivity contribution in [2.24, 2.45) is 23.7 Å². The highest BCUT2D eigenvalue weighted by molar-refractivity contribution is 5.69. The Labute approximate surface area is 126 Å². The molecule has 0 amide bonds. The lowest BCUT2D eigenvalue weighted by molar-refractivity contribution is -0.154. The van der Waals surface area contributed by atoms with E-state index in [-0.39, 0.29) is 24.1 Å². The third-order valence-electron chi connectivity index (χ3n) is 5.72. The van der Waals surface area contributed by atoms with Crippen LogP contribution in [0.5, 0.6) is 0 Å². The van der Waals surface area contributed by atoms with Crippen LogP contribution in [0.4, 0.5) is 0 Å². The van der Waals surface area contributed by atoms with Crippen molar-refractivity contribution in [3.63, 3.8) is 0 Å². The van der Waals surface area contributed by atoms with Crippen LogP contribution >= 0.6 is 0 Å². The lowest BCUT2D eigenvalue weighted by atomic mass is 9.79. The first-order chi connectivity index (χ1) is 10.1. The number of hydrogen-bond donors (Lipinski definition) is 0. The van der Waals surface area contributed by atoms with E-state index in [4.69, 9.17) is 9.47 Å². The summed E-state index contributed by atoms with van der Waals surface area (Å²) in [5.41, 5.74) is 0. The minimum absolute atomic E-state index is 0.0261. The molecule has 0 saturated heterocycles. The number of carbonyl (C=O) groups is 2. The average Bonchev–Trinajstić information content (AvgIpc) is 3.08. The zero-order valence-electron chi connectivity index (χ0n) is 13.0. The predicted molar refractivity (Wildman–Crippen MR) is 77.4 cm³/mol. The molecule has 21 heavy (non-hydrogen) atoms. The number of esters is 2. The summed E-state index contributed by atoms with van der Waals surface area (Å²) in [4.78, 5) is 23.1. The maximum atomic E-state index is 11.9. The van der Waals surface area contributed by atoms with Crippen molar-refractivity contribution in [1.29, 1.82) is 0 Å². The van der Waals surface area contributed by atoms with E-state index in [0.29, 0.717) is 30.1 Å². The molecule has 3 aliphatic rings. The van der Waals surface area contributed by atoms with E-state index in [1.165, 1.54) is 6.92 Å². The van der Waals surface area contributed by atoms with Crippen LogP contribution in [0.3, 0.4) is 0 Å². The molecule has 0 aliphatic heterocycles. The molecule has 6 unspecified atom stereocenters. The maximum Gasteiger partial charge on any atom is 0.306 e. The van der Waals surface area contributed by atoms with Crippen LogP contribution in [0.2, 0.25) is 0 Å². The van der Waals surface area contributed by atoms with E-state index < -0.39 is 0 Å². The van der Waals surface area contributed by atoms with Crippen LogP contribution in [-0.4, -0.2) is 24.1 Å². The molecule has 3 rings (SSSR count). The van der Waals surface area contributed by atoms with Crippen LogP contribution in [0.25, 0.3) is 0 Å². The van der Waals surface area contributed by atoms with Gasteiger partial charge in [-0.2, -0.15) is 0 Å². The van der Waals surface area contributed by atoms with Gasteiger partial charge < -0.3 is 9.47 Å². The number of carbonyl (C=O) groups excluding carboxylic acids is 2. The molecule has 4 heteroatoms. The van der Waals surface area contributed by atoms with Crippen molar-refractivity contribution < 1.29 is 19.1 Å². The Morgan fingerprint density at radius 1 is 1.05 bits per heavy atom. The van der Waals surface area contributed by atoms with E-state index in [1.54, 1.807) is 0 Å². The van der Waals surface area contributed by atoms with E-state index in [2.05, 4.69) is 6.92 Å². The largest absolute Gasteiger partial charge is 0.462 e. The minimum atomic E-state index is -0.162. The topological polar surface area (TPSA) is 52.6 Å². The molecule has 0 N–H and O–H groups in total. The lowest BCUT2D eigenvalue weighted by Gasteiger charge is -2.33. The second-order valence-corrected chi connectivity index (χ2v) is 6.99. The zero-order valence-corrected chi connectivity index (χ0v) is 13.0. The number of fused-ring (bicyclic) bond motifs is 5. The number of hydrogen-bond acceptors (Lipinski definition) is 4. The van der Waals surface area contributed by atoms with Gasteiger partial charge in [-0.05, 0) is 49.9 Å². The maximum absolute atomic E-state index is 11.9. The Bertz CT molecular complexity index is 419. The van der Waals surface area contributed by atoms with E-state index in [1.807, 2.05) is 0 Å². The standard InChI is InChI=1S/C17H26O4/c1-3-4-5-16(19)21-14-7-6-12-13-8-11(17(12)14)9-15(13)20-10(2)18/h11-15,17H,3-9H2,1-2H3. The van der Waals surface area contributed by atoms with Crippen LogP contribution in [0.1, 0.15) is 58.8 Å². The fraction of sp³-hybridized carbons (Fsp3) is 0.882. The highest BCUT2D eigenvalue weighted by Gasteiger charge is 2.59. The molecular formula is C17H26O4. The van der Waals surface area contributed by atoms with Gasteiger partial charge >= 0.3 is 11.9 Å². The van der Waals surface area contributed by atoms with Gasteiger partial charge in [-0.25, -0.2) is 0 Å². The van der Waals surface area contributed by atoms with Gasteiger partial charge in [0.05, 0.1) is 0 Å². The first-order valence-electron chi connectivity index (χ1n) is 8.46. The normalized spacial score (nSPS) is 40.1. The van der Waals surface area contributed by atoms with Gasteiger partial charge in [0.2, 0.25) is 0 Å². The molecule has 0 radical (unpaired) electrons. The summed E-state index contributed by atoms with van der Waals surface area (Å²) >= 11 is 0. The van der Waals surface area contributed by atoms with Crippen LogP contribution in [0, 0.1) is 23.7 Å². The first-order valence-corrected chi connectivity index (χ1v) is 8.46. The van der Waals surface area contributed by atoms with Crippen molar-refractivity contribution in [3.05, 3.63) is 0 Å². The van der Waals surface area contributed by atoms with Gasteiger partial charge in [-0.3, -0.25) is 9.59 Å². The second-order valence-electron chi connectivity index (χ2n) is 6.99. The summed E-state index contributed by atoms with van der Waals surface area (Å²) < 4.78 is 11.2. The molecular weight excluding hydrogens is 268 g/mol. The highest BCUT2D eigenvalue weighted by Crippen LogP contribution is 2.60. The summed E-state index contributed by atoms with van der Waals surface area (Å²) in [5, 5.41) is 0. The van der Waals surface area contributed by atoms with Gasteiger partial charge in [0.25, 0.3) is 0 Å². The number of ether oxygens (including phenoxy) is 2. The second kappa shape index (κ2) is 5.98. The van der Waals surface area contributed by atoms with Crippen molar-refractivity contribution in [3.8, 4) is 0 Å².